The van der Waals surface area contributed by atoms with Crippen molar-refractivity contribution in [1.29, 1.82) is 0 Å². The fourth-order valence-corrected chi connectivity index (χ4v) is 4.48. The van der Waals surface area contributed by atoms with Gasteiger partial charge < -0.3 is 24.2 Å². The summed E-state index contributed by atoms with van der Waals surface area (Å²) in [5, 5.41) is 0.609. The van der Waals surface area contributed by atoms with Crippen LogP contribution in [0.3, 0.4) is 0 Å². The van der Waals surface area contributed by atoms with Crippen LogP contribution in [-0.4, -0.2) is 92.7 Å². The smallest absolute Gasteiger partial charge is 0.248 e. The van der Waals surface area contributed by atoms with Crippen molar-refractivity contribution in [3.63, 3.8) is 0 Å². The molecule has 0 spiro atoms. The zero-order valence-corrected chi connectivity index (χ0v) is 19.4. The van der Waals surface area contributed by atoms with Crippen molar-refractivity contribution in [3.8, 4) is 5.75 Å². The van der Waals surface area contributed by atoms with E-state index in [1.165, 1.54) is 0 Å². The predicted molar refractivity (Wildman–Crippen MR) is 120 cm³/mol. The van der Waals surface area contributed by atoms with Gasteiger partial charge in [-0.3, -0.25) is 9.59 Å². The minimum atomic E-state index is -0.428. The summed E-state index contributed by atoms with van der Waals surface area (Å²) < 4.78 is 11.4. The lowest BCUT2D eigenvalue weighted by molar-refractivity contribution is -0.145. The van der Waals surface area contributed by atoms with Crippen molar-refractivity contribution >= 4 is 23.4 Å². The number of piperazine rings is 1. The molecule has 1 aromatic rings. The van der Waals surface area contributed by atoms with E-state index in [-0.39, 0.29) is 18.4 Å². The maximum atomic E-state index is 13.2. The summed E-state index contributed by atoms with van der Waals surface area (Å²) >= 11 is 6.10. The number of hydrogen-bond acceptors (Lipinski definition) is 5. The van der Waals surface area contributed by atoms with Gasteiger partial charge in [0.15, 0.2) is 0 Å². The molecule has 2 fully saturated rings. The molecule has 2 saturated heterocycles. The highest BCUT2D eigenvalue weighted by Gasteiger charge is 2.41. The van der Waals surface area contributed by atoms with Crippen LogP contribution < -0.4 is 4.74 Å². The summed E-state index contributed by atoms with van der Waals surface area (Å²) in [7, 11) is 2.07. The topological polar surface area (TPSA) is 62.3 Å². The number of nitrogens with zero attached hydrogens (tertiary/aromatic N) is 3. The Hall–Kier alpha value is -1.83. The Morgan fingerprint density at radius 1 is 1.10 bits per heavy atom. The number of likely N-dealkylation sites (tertiary alicyclic amines) is 1. The molecule has 2 aliphatic rings. The molecule has 7 nitrogen and oxygen atoms in total. The van der Waals surface area contributed by atoms with Crippen molar-refractivity contribution in [2.24, 2.45) is 5.41 Å². The summed E-state index contributed by atoms with van der Waals surface area (Å²) in [4.78, 5) is 31.8. The summed E-state index contributed by atoms with van der Waals surface area (Å²) in [6.45, 7) is 7.27. The van der Waals surface area contributed by atoms with Crippen molar-refractivity contribution in [3.05, 3.63) is 29.3 Å². The number of halogens is 1. The Morgan fingerprint density at radius 3 is 2.58 bits per heavy atom. The quantitative estimate of drug-likeness (QED) is 0.607. The van der Waals surface area contributed by atoms with Crippen LogP contribution in [0.4, 0.5) is 0 Å². The van der Waals surface area contributed by atoms with Crippen LogP contribution in [0.1, 0.15) is 26.2 Å². The van der Waals surface area contributed by atoms with E-state index in [0.717, 1.165) is 39.0 Å². The summed E-state index contributed by atoms with van der Waals surface area (Å²) in [6, 6.07) is 7.29. The molecule has 2 aliphatic heterocycles. The Morgan fingerprint density at radius 2 is 1.87 bits per heavy atom. The number of carbonyl (C=O) groups excluding carboxylic acids is 2. The molecule has 2 amide bonds. The van der Waals surface area contributed by atoms with Gasteiger partial charge in [-0.2, -0.15) is 0 Å². The van der Waals surface area contributed by atoms with Gasteiger partial charge in [0.05, 0.1) is 6.61 Å². The third kappa shape index (κ3) is 6.82. The first-order chi connectivity index (χ1) is 14.9. The van der Waals surface area contributed by atoms with E-state index in [4.69, 9.17) is 21.1 Å². The molecule has 0 radical (unpaired) electrons. The molecule has 1 atom stereocenters. The Bertz CT molecular complexity index is 754. The standard InChI is InChI=1S/C23H34ClN3O4/c1-3-30-16-22(29)27-9-5-8-23(17-27,18-31-20-7-4-6-19(24)14-20)15-21(28)26-12-10-25(2)11-13-26/h4,6-7,14H,3,5,8-13,15-18H2,1-2H3/t23-/m0/s1. The van der Waals surface area contributed by atoms with E-state index in [9.17, 15) is 9.59 Å². The lowest BCUT2D eigenvalue weighted by Crippen LogP contribution is -2.53. The summed E-state index contributed by atoms with van der Waals surface area (Å²) in [5.74, 6) is 0.791. The van der Waals surface area contributed by atoms with E-state index in [1.807, 2.05) is 28.9 Å². The van der Waals surface area contributed by atoms with Gasteiger partial charge in [-0.15, -0.1) is 0 Å². The molecule has 0 bridgehead atoms. The van der Waals surface area contributed by atoms with E-state index in [1.54, 1.807) is 12.1 Å². The van der Waals surface area contributed by atoms with Gasteiger partial charge in [-0.1, -0.05) is 17.7 Å². The van der Waals surface area contributed by atoms with Crippen molar-refractivity contribution < 1.29 is 19.1 Å². The minimum absolute atomic E-state index is 0.0271. The number of piperidine rings is 1. The first kappa shape index (κ1) is 23.8. The van der Waals surface area contributed by atoms with Crippen LogP contribution >= 0.6 is 11.6 Å². The molecule has 172 valence electrons. The van der Waals surface area contributed by atoms with Crippen LogP contribution in [0.5, 0.6) is 5.75 Å². The fourth-order valence-electron chi connectivity index (χ4n) is 4.30. The molecule has 0 unspecified atom stereocenters. The van der Waals surface area contributed by atoms with Gasteiger partial charge in [0.2, 0.25) is 11.8 Å². The number of carbonyl (C=O) groups is 2. The average molecular weight is 452 g/mol. The van der Waals surface area contributed by atoms with Crippen molar-refractivity contribution in [1.82, 2.24) is 14.7 Å². The van der Waals surface area contributed by atoms with Crippen LogP contribution in [0.15, 0.2) is 24.3 Å². The van der Waals surface area contributed by atoms with Crippen molar-refractivity contribution in [2.45, 2.75) is 26.2 Å². The van der Waals surface area contributed by atoms with Crippen molar-refractivity contribution in [2.75, 3.05) is 66.1 Å². The third-order valence-electron chi connectivity index (χ3n) is 6.17. The van der Waals surface area contributed by atoms with Crippen LogP contribution in [0.2, 0.25) is 5.02 Å². The molecule has 0 saturated carbocycles. The summed E-state index contributed by atoms with van der Waals surface area (Å²) in [6.07, 6.45) is 2.05. The van der Waals surface area contributed by atoms with Gasteiger partial charge in [0.25, 0.3) is 0 Å². The van der Waals surface area contributed by atoms with E-state index < -0.39 is 5.41 Å². The predicted octanol–water partition coefficient (Wildman–Crippen LogP) is 2.53. The van der Waals surface area contributed by atoms with Gasteiger partial charge in [-0.25, -0.2) is 0 Å². The number of rotatable bonds is 8. The fraction of sp³-hybridized carbons (Fsp3) is 0.652. The number of likely N-dealkylation sites (N-methyl/N-ethyl adjacent to an activating group) is 1. The van der Waals surface area contributed by atoms with Gasteiger partial charge in [-0.05, 0) is 45.0 Å². The highest BCUT2D eigenvalue weighted by atomic mass is 35.5. The van der Waals surface area contributed by atoms with Gasteiger partial charge in [0, 0.05) is 62.7 Å². The molecule has 3 rings (SSSR count). The Labute approximate surface area is 190 Å². The molecule has 31 heavy (non-hydrogen) atoms. The zero-order valence-electron chi connectivity index (χ0n) is 18.6. The molecule has 0 aliphatic carbocycles. The zero-order chi connectivity index (χ0) is 22.3. The van der Waals surface area contributed by atoms with Crippen LogP contribution in [-0.2, 0) is 14.3 Å². The second kappa shape index (κ2) is 11.2. The SMILES string of the molecule is CCOCC(=O)N1CCC[C@](COc2cccc(Cl)c2)(CC(=O)N2CCN(C)CC2)C1. The first-order valence-electron chi connectivity index (χ1n) is 11.1. The average Bonchev–Trinajstić information content (AvgIpc) is 2.77. The molecule has 1 aromatic carbocycles. The highest BCUT2D eigenvalue weighted by Crippen LogP contribution is 2.35. The minimum Gasteiger partial charge on any atom is -0.493 e. The second-order valence-corrected chi connectivity index (χ2v) is 9.10. The van der Waals surface area contributed by atoms with E-state index in [2.05, 4.69) is 11.9 Å². The normalized spacial score (nSPS) is 22.4. The lowest BCUT2D eigenvalue weighted by Gasteiger charge is -2.43. The third-order valence-corrected chi connectivity index (χ3v) is 6.40. The summed E-state index contributed by atoms with van der Waals surface area (Å²) in [5.41, 5.74) is -0.428. The largest absolute Gasteiger partial charge is 0.493 e. The van der Waals surface area contributed by atoms with Gasteiger partial charge >= 0.3 is 0 Å². The molecular formula is C23H34ClN3O4. The monoisotopic (exact) mass is 451 g/mol. The van der Waals surface area contributed by atoms with E-state index >= 15 is 0 Å². The van der Waals surface area contributed by atoms with Crippen LogP contribution in [0.25, 0.3) is 0 Å². The first-order valence-corrected chi connectivity index (χ1v) is 11.5. The molecule has 8 heteroatoms. The maximum absolute atomic E-state index is 13.2. The number of ether oxygens (including phenoxy) is 2. The van der Waals surface area contributed by atoms with E-state index in [0.29, 0.717) is 43.5 Å². The number of hydrogen-bond donors (Lipinski definition) is 0. The molecule has 2 heterocycles. The Balaban J connectivity index is 1.72. The molecule has 0 aromatic heterocycles. The maximum Gasteiger partial charge on any atom is 0.248 e. The van der Waals surface area contributed by atoms with Gasteiger partial charge in [0.1, 0.15) is 12.4 Å². The lowest BCUT2D eigenvalue weighted by atomic mass is 9.77. The van der Waals surface area contributed by atoms with Crippen LogP contribution in [0, 0.1) is 5.41 Å². The highest BCUT2D eigenvalue weighted by molar-refractivity contribution is 6.30. The molecular weight excluding hydrogens is 418 g/mol. The Kier molecular flexibility index (Phi) is 8.58. The number of benzene rings is 1. The second-order valence-electron chi connectivity index (χ2n) is 8.66. The molecule has 0 N–H and O–H groups in total. The number of amides is 2.